The molecule has 0 spiro atoms. The van der Waals surface area contributed by atoms with E-state index in [2.05, 4.69) is 21.9 Å². The van der Waals surface area contributed by atoms with E-state index in [0.717, 1.165) is 49.7 Å². The molecule has 0 unspecified atom stereocenters. The Kier molecular flexibility index (Phi) is 5.70. The first-order valence-corrected chi connectivity index (χ1v) is 10.4. The van der Waals surface area contributed by atoms with Crippen molar-refractivity contribution in [3.63, 3.8) is 0 Å². The lowest BCUT2D eigenvalue weighted by molar-refractivity contribution is 0.412. The highest BCUT2D eigenvalue weighted by atomic mass is 16.5. The molecular weight excluding hydrogens is 380 g/mol. The van der Waals surface area contributed by atoms with Crippen LogP contribution in [0, 0.1) is 0 Å². The summed E-state index contributed by atoms with van der Waals surface area (Å²) in [4.78, 5) is 17.3. The van der Waals surface area contributed by atoms with Crippen LogP contribution in [0.1, 0.15) is 13.3 Å². The molecule has 1 fully saturated rings. The van der Waals surface area contributed by atoms with Gasteiger partial charge in [-0.2, -0.15) is 0 Å². The summed E-state index contributed by atoms with van der Waals surface area (Å²) >= 11 is 0. The lowest BCUT2D eigenvalue weighted by atomic mass is 10.2. The van der Waals surface area contributed by atoms with Crippen molar-refractivity contribution in [1.82, 2.24) is 9.13 Å². The zero-order valence-electron chi connectivity index (χ0n) is 17.5. The molecule has 158 valence electrons. The molecule has 1 aliphatic heterocycles. The van der Waals surface area contributed by atoms with Gasteiger partial charge in [-0.3, -0.25) is 9.13 Å². The van der Waals surface area contributed by atoms with Crippen LogP contribution in [-0.2, 0) is 6.54 Å². The monoisotopic (exact) mass is 408 g/mol. The number of hydrogen-bond donors (Lipinski definition) is 1. The fraction of sp³-hybridized carbons (Fsp3) is 0.348. The molecule has 0 atom stereocenters. The third kappa shape index (κ3) is 3.87. The number of nitrogens with zero attached hydrogens (tertiary/aromatic N) is 4. The minimum atomic E-state index is -0.213. The molecule has 3 aromatic rings. The molecule has 1 aliphatic rings. The maximum Gasteiger partial charge on any atom is 0.335 e. The molecule has 0 bridgehead atoms. The number of aromatic hydroxyl groups is 1. The van der Waals surface area contributed by atoms with Crippen molar-refractivity contribution < 1.29 is 9.84 Å². The Labute approximate surface area is 176 Å². The van der Waals surface area contributed by atoms with Crippen molar-refractivity contribution >= 4 is 11.4 Å². The van der Waals surface area contributed by atoms with E-state index in [1.54, 1.807) is 7.11 Å². The zero-order chi connectivity index (χ0) is 21.1. The van der Waals surface area contributed by atoms with E-state index in [0.29, 0.717) is 6.54 Å². The fourth-order valence-electron chi connectivity index (χ4n) is 3.93. The average Bonchev–Trinajstić information content (AvgIpc) is 3.08. The maximum absolute atomic E-state index is 12.5. The van der Waals surface area contributed by atoms with Crippen LogP contribution in [0.25, 0.3) is 5.69 Å². The molecule has 1 saturated heterocycles. The fourth-order valence-corrected chi connectivity index (χ4v) is 3.93. The van der Waals surface area contributed by atoms with Gasteiger partial charge in [-0.15, -0.1) is 0 Å². The normalized spacial score (nSPS) is 14.2. The molecule has 4 rings (SSSR count). The van der Waals surface area contributed by atoms with Crippen molar-refractivity contribution in [1.29, 1.82) is 0 Å². The predicted octanol–water partition coefficient (Wildman–Crippen LogP) is 3.09. The van der Waals surface area contributed by atoms with Crippen LogP contribution in [0.5, 0.6) is 11.6 Å². The number of rotatable bonds is 6. The van der Waals surface area contributed by atoms with Crippen LogP contribution >= 0.6 is 0 Å². The second-order valence-electron chi connectivity index (χ2n) is 7.48. The molecule has 0 radical (unpaired) electrons. The summed E-state index contributed by atoms with van der Waals surface area (Å²) < 4.78 is 8.13. The lowest BCUT2D eigenvalue weighted by Gasteiger charge is -2.37. The van der Waals surface area contributed by atoms with Gasteiger partial charge in [0.2, 0.25) is 5.88 Å². The summed E-state index contributed by atoms with van der Waals surface area (Å²) in [5, 5.41) is 10.0. The van der Waals surface area contributed by atoms with E-state index in [9.17, 15) is 9.90 Å². The summed E-state index contributed by atoms with van der Waals surface area (Å²) in [6, 6.07) is 16.1. The van der Waals surface area contributed by atoms with E-state index >= 15 is 0 Å². The standard InChI is InChI=1S/C23H28N4O3/c1-3-12-26-22(28)17-27(23(26)29)20-6-4-18(5-7-20)24-13-15-25(16-14-24)19-8-10-21(30-2)11-9-19/h4-11,17,28H,3,12-16H2,1-2H3. The van der Waals surface area contributed by atoms with Gasteiger partial charge in [-0.25, -0.2) is 4.79 Å². The van der Waals surface area contributed by atoms with Gasteiger partial charge in [0.25, 0.3) is 0 Å². The number of ether oxygens (including phenoxy) is 1. The Bertz CT molecular complexity index is 1030. The van der Waals surface area contributed by atoms with Crippen LogP contribution < -0.4 is 20.2 Å². The molecule has 2 aromatic carbocycles. The van der Waals surface area contributed by atoms with Crippen molar-refractivity contribution in [2.24, 2.45) is 0 Å². The first-order valence-electron chi connectivity index (χ1n) is 10.4. The highest BCUT2D eigenvalue weighted by Gasteiger charge is 2.18. The van der Waals surface area contributed by atoms with Crippen molar-refractivity contribution in [3.05, 3.63) is 65.2 Å². The van der Waals surface area contributed by atoms with Gasteiger partial charge in [0.1, 0.15) is 5.75 Å². The molecule has 30 heavy (non-hydrogen) atoms. The number of aromatic nitrogens is 2. The third-order valence-electron chi connectivity index (χ3n) is 5.62. The Morgan fingerprint density at radius 1 is 0.867 bits per heavy atom. The highest BCUT2D eigenvalue weighted by molar-refractivity contribution is 5.54. The molecule has 7 nitrogen and oxygen atoms in total. The Balaban J connectivity index is 1.43. The van der Waals surface area contributed by atoms with Gasteiger partial charge in [-0.1, -0.05) is 6.92 Å². The highest BCUT2D eigenvalue weighted by Crippen LogP contribution is 2.24. The van der Waals surface area contributed by atoms with Gasteiger partial charge in [0, 0.05) is 44.1 Å². The lowest BCUT2D eigenvalue weighted by Crippen LogP contribution is -2.46. The number of imidazole rings is 1. The summed E-state index contributed by atoms with van der Waals surface area (Å²) in [6.45, 7) is 6.24. The van der Waals surface area contributed by atoms with Gasteiger partial charge >= 0.3 is 5.69 Å². The van der Waals surface area contributed by atoms with Crippen LogP contribution in [0.15, 0.2) is 59.5 Å². The van der Waals surface area contributed by atoms with E-state index in [1.807, 2.05) is 43.3 Å². The van der Waals surface area contributed by atoms with Crippen molar-refractivity contribution in [2.75, 3.05) is 43.1 Å². The Morgan fingerprint density at radius 2 is 1.37 bits per heavy atom. The summed E-state index contributed by atoms with van der Waals surface area (Å²) in [5.41, 5.74) is 2.89. The second-order valence-corrected chi connectivity index (χ2v) is 7.48. The van der Waals surface area contributed by atoms with E-state index in [1.165, 1.54) is 21.0 Å². The van der Waals surface area contributed by atoms with Crippen molar-refractivity contribution in [3.8, 4) is 17.3 Å². The topological polar surface area (TPSA) is 62.9 Å². The molecule has 7 heteroatoms. The van der Waals surface area contributed by atoms with Crippen LogP contribution in [-0.4, -0.2) is 47.5 Å². The molecule has 1 aromatic heterocycles. The van der Waals surface area contributed by atoms with E-state index in [4.69, 9.17) is 4.74 Å². The van der Waals surface area contributed by atoms with Crippen LogP contribution in [0.2, 0.25) is 0 Å². The van der Waals surface area contributed by atoms with Gasteiger partial charge < -0.3 is 19.6 Å². The first-order chi connectivity index (χ1) is 14.6. The van der Waals surface area contributed by atoms with Crippen LogP contribution in [0.3, 0.4) is 0 Å². The number of benzene rings is 2. The molecule has 0 aliphatic carbocycles. The maximum atomic E-state index is 12.5. The number of methoxy groups -OCH3 is 1. The zero-order valence-corrected chi connectivity index (χ0v) is 17.5. The second kappa shape index (κ2) is 8.57. The quantitative estimate of drug-likeness (QED) is 0.679. The number of piperazine rings is 1. The number of anilines is 2. The molecule has 0 amide bonds. The molecule has 2 heterocycles. The largest absolute Gasteiger partial charge is 0.497 e. The Morgan fingerprint density at radius 3 is 1.87 bits per heavy atom. The summed E-state index contributed by atoms with van der Waals surface area (Å²) in [5.74, 6) is 0.871. The summed E-state index contributed by atoms with van der Waals surface area (Å²) in [7, 11) is 1.68. The van der Waals surface area contributed by atoms with Crippen molar-refractivity contribution in [2.45, 2.75) is 19.9 Å². The molecule has 1 N–H and O–H groups in total. The van der Waals surface area contributed by atoms with E-state index in [-0.39, 0.29) is 11.6 Å². The minimum absolute atomic E-state index is 0.000537. The first kappa shape index (κ1) is 19.9. The van der Waals surface area contributed by atoms with E-state index < -0.39 is 0 Å². The van der Waals surface area contributed by atoms with Gasteiger partial charge in [0.15, 0.2) is 0 Å². The average molecular weight is 409 g/mol. The molecule has 0 saturated carbocycles. The number of hydrogen-bond acceptors (Lipinski definition) is 5. The van der Waals surface area contributed by atoms with Crippen LogP contribution in [0.4, 0.5) is 11.4 Å². The summed E-state index contributed by atoms with van der Waals surface area (Å²) in [6.07, 6.45) is 2.28. The SMILES string of the molecule is CCCn1c(O)cn(-c2ccc(N3CCN(c4ccc(OC)cc4)CC3)cc2)c1=O. The predicted molar refractivity (Wildman–Crippen MR) is 119 cm³/mol. The Hall–Kier alpha value is -3.35. The van der Waals surface area contributed by atoms with Gasteiger partial charge in [0.05, 0.1) is 19.0 Å². The third-order valence-corrected chi connectivity index (χ3v) is 5.62. The minimum Gasteiger partial charge on any atom is -0.497 e. The van der Waals surface area contributed by atoms with Gasteiger partial charge in [-0.05, 0) is 55.0 Å². The molecular formula is C23H28N4O3. The smallest absolute Gasteiger partial charge is 0.335 e.